The molecule has 2 nitrogen and oxygen atoms in total. The Morgan fingerprint density at radius 3 is 2.65 bits per heavy atom. The number of hydrogen-bond acceptors (Lipinski definition) is 2. The maximum atomic E-state index is 12.9. The molecular weight excluding hydrogens is 251 g/mol. The van der Waals surface area contributed by atoms with Crippen molar-refractivity contribution in [3.8, 4) is 0 Å². The number of rotatable bonds is 5. The first-order valence-corrected chi connectivity index (χ1v) is 7.04. The minimum absolute atomic E-state index is 0.131. The summed E-state index contributed by atoms with van der Waals surface area (Å²) >= 11 is 0. The molecule has 0 spiro atoms. The Hall–Kier alpha value is -1.74. The third-order valence-electron chi connectivity index (χ3n) is 3.51. The van der Waals surface area contributed by atoms with Crippen LogP contribution in [-0.4, -0.2) is 4.98 Å². The summed E-state index contributed by atoms with van der Waals surface area (Å²) in [5.74, 6) is -0.296. The zero-order valence-electron chi connectivity index (χ0n) is 12.2. The van der Waals surface area contributed by atoms with E-state index in [1.54, 1.807) is 6.07 Å². The largest absolute Gasteiger partial charge is 0.302 e. The first-order valence-electron chi connectivity index (χ1n) is 7.04. The highest BCUT2D eigenvalue weighted by molar-refractivity contribution is 5.25. The number of benzene rings is 1. The Morgan fingerprint density at radius 1 is 1.25 bits per heavy atom. The Bertz CT molecular complexity index is 551. The van der Waals surface area contributed by atoms with E-state index in [-0.39, 0.29) is 17.9 Å². The summed E-state index contributed by atoms with van der Waals surface area (Å²) in [5, 5.41) is 3.56. The molecule has 3 heteroatoms. The smallest absolute Gasteiger partial charge is 0.141 e. The van der Waals surface area contributed by atoms with Crippen LogP contribution in [0.25, 0.3) is 0 Å². The Morgan fingerprint density at radius 2 is 2.05 bits per heavy atom. The van der Waals surface area contributed by atoms with Crippen molar-refractivity contribution in [2.24, 2.45) is 0 Å². The van der Waals surface area contributed by atoms with Crippen LogP contribution >= 0.6 is 0 Å². The molecule has 0 radical (unpaired) electrons. The van der Waals surface area contributed by atoms with E-state index in [2.05, 4.69) is 55.3 Å². The lowest BCUT2D eigenvalue weighted by Crippen LogP contribution is -2.25. The summed E-state index contributed by atoms with van der Waals surface area (Å²) in [6, 6.07) is 12.0. The van der Waals surface area contributed by atoms with Gasteiger partial charge < -0.3 is 5.32 Å². The van der Waals surface area contributed by atoms with E-state index in [9.17, 15) is 4.39 Å². The van der Waals surface area contributed by atoms with Gasteiger partial charge in [0.2, 0.25) is 0 Å². The number of pyridine rings is 1. The molecule has 20 heavy (non-hydrogen) atoms. The van der Waals surface area contributed by atoms with Gasteiger partial charge in [0.1, 0.15) is 5.82 Å². The van der Waals surface area contributed by atoms with E-state index < -0.39 is 0 Å². The average molecular weight is 272 g/mol. The van der Waals surface area contributed by atoms with Gasteiger partial charge in [0, 0.05) is 12.1 Å². The quantitative estimate of drug-likeness (QED) is 0.876. The molecule has 0 fully saturated rings. The molecule has 0 saturated heterocycles. The number of nitrogens with one attached hydrogen (secondary N) is 1. The van der Waals surface area contributed by atoms with Crippen LogP contribution in [-0.2, 0) is 0 Å². The standard InChI is InChI=1S/C17H21FN2/c1-4-16(17-9-8-15(18)11-19-17)20-13(3)14-7-5-6-12(2)10-14/h5-11,13,16,20H,4H2,1-3H3/t13-,16?/m0/s1. The molecule has 1 heterocycles. The normalized spacial score (nSPS) is 14.0. The van der Waals surface area contributed by atoms with Crippen LogP contribution < -0.4 is 5.32 Å². The summed E-state index contributed by atoms with van der Waals surface area (Å²) in [6.45, 7) is 6.33. The molecule has 2 atom stereocenters. The lowest BCUT2D eigenvalue weighted by atomic mass is 10.0. The minimum atomic E-state index is -0.296. The fourth-order valence-corrected chi connectivity index (χ4v) is 2.34. The predicted octanol–water partition coefficient (Wildman–Crippen LogP) is 4.33. The van der Waals surface area contributed by atoms with Gasteiger partial charge >= 0.3 is 0 Å². The van der Waals surface area contributed by atoms with Gasteiger partial charge in [-0.1, -0.05) is 36.8 Å². The van der Waals surface area contributed by atoms with Crippen molar-refractivity contribution in [2.45, 2.75) is 39.3 Å². The maximum Gasteiger partial charge on any atom is 0.141 e. The molecule has 1 aromatic heterocycles. The summed E-state index contributed by atoms with van der Waals surface area (Å²) in [4.78, 5) is 4.18. The van der Waals surface area contributed by atoms with E-state index in [1.165, 1.54) is 23.4 Å². The first kappa shape index (κ1) is 14.7. The summed E-state index contributed by atoms with van der Waals surface area (Å²) < 4.78 is 12.9. The highest BCUT2D eigenvalue weighted by Gasteiger charge is 2.15. The van der Waals surface area contributed by atoms with Crippen LogP contribution in [0, 0.1) is 12.7 Å². The third kappa shape index (κ3) is 3.64. The van der Waals surface area contributed by atoms with Gasteiger partial charge in [0.15, 0.2) is 0 Å². The monoisotopic (exact) mass is 272 g/mol. The fraction of sp³-hybridized carbons (Fsp3) is 0.353. The van der Waals surface area contributed by atoms with Gasteiger partial charge in [-0.2, -0.15) is 0 Å². The molecule has 1 unspecified atom stereocenters. The number of hydrogen-bond donors (Lipinski definition) is 1. The van der Waals surface area contributed by atoms with Crippen molar-refractivity contribution in [3.63, 3.8) is 0 Å². The van der Waals surface area contributed by atoms with Gasteiger partial charge in [0.25, 0.3) is 0 Å². The van der Waals surface area contributed by atoms with E-state index in [0.717, 1.165) is 12.1 Å². The molecule has 106 valence electrons. The highest BCUT2D eigenvalue weighted by atomic mass is 19.1. The van der Waals surface area contributed by atoms with E-state index in [0.29, 0.717) is 0 Å². The Labute approximate surface area is 120 Å². The summed E-state index contributed by atoms with van der Waals surface area (Å²) in [6.07, 6.45) is 2.19. The first-order chi connectivity index (χ1) is 9.60. The van der Waals surface area contributed by atoms with Crippen molar-refractivity contribution in [3.05, 3.63) is 65.2 Å². The number of halogens is 1. The number of aryl methyl sites for hydroxylation is 1. The second kappa shape index (κ2) is 6.62. The molecule has 2 rings (SSSR count). The average Bonchev–Trinajstić information content (AvgIpc) is 2.45. The van der Waals surface area contributed by atoms with Crippen LogP contribution in [0.5, 0.6) is 0 Å². The van der Waals surface area contributed by atoms with Crippen molar-refractivity contribution >= 4 is 0 Å². The second-order valence-electron chi connectivity index (χ2n) is 5.16. The van der Waals surface area contributed by atoms with Gasteiger partial charge in [-0.3, -0.25) is 4.98 Å². The maximum absolute atomic E-state index is 12.9. The molecule has 1 N–H and O–H groups in total. The zero-order chi connectivity index (χ0) is 14.5. The number of aromatic nitrogens is 1. The lowest BCUT2D eigenvalue weighted by Gasteiger charge is -2.22. The number of nitrogens with zero attached hydrogens (tertiary/aromatic N) is 1. The van der Waals surface area contributed by atoms with Crippen LogP contribution in [0.4, 0.5) is 4.39 Å². The van der Waals surface area contributed by atoms with Crippen molar-refractivity contribution in [1.82, 2.24) is 10.3 Å². The van der Waals surface area contributed by atoms with Crippen LogP contribution in [0.3, 0.4) is 0 Å². The van der Waals surface area contributed by atoms with Crippen LogP contribution in [0.1, 0.15) is 49.2 Å². The molecule has 0 saturated carbocycles. The van der Waals surface area contributed by atoms with Crippen molar-refractivity contribution in [1.29, 1.82) is 0 Å². The van der Waals surface area contributed by atoms with Gasteiger partial charge in [-0.15, -0.1) is 0 Å². The topological polar surface area (TPSA) is 24.9 Å². The summed E-state index contributed by atoms with van der Waals surface area (Å²) in [7, 11) is 0. The van der Waals surface area contributed by atoms with Gasteiger partial charge in [-0.25, -0.2) is 4.39 Å². The third-order valence-corrected chi connectivity index (χ3v) is 3.51. The SMILES string of the molecule is CCC(N[C@@H](C)c1cccc(C)c1)c1ccc(F)cn1. The molecule has 0 aliphatic heterocycles. The fourth-order valence-electron chi connectivity index (χ4n) is 2.34. The molecule has 0 amide bonds. The van der Waals surface area contributed by atoms with Crippen LogP contribution in [0.15, 0.2) is 42.6 Å². The van der Waals surface area contributed by atoms with Gasteiger partial charge in [0.05, 0.1) is 11.9 Å². The molecule has 2 aromatic rings. The molecular formula is C17H21FN2. The summed E-state index contributed by atoms with van der Waals surface area (Å²) in [5.41, 5.74) is 3.39. The van der Waals surface area contributed by atoms with E-state index >= 15 is 0 Å². The van der Waals surface area contributed by atoms with Crippen molar-refractivity contribution < 1.29 is 4.39 Å². The highest BCUT2D eigenvalue weighted by Crippen LogP contribution is 2.21. The zero-order valence-corrected chi connectivity index (χ0v) is 12.2. The van der Waals surface area contributed by atoms with Crippen molar-refractivity contribution in [2.75, 3.05) is 0 Å². The van der Waals surface area contributed by atoms with Crippen LogP contribution in [0.2, 0.25) is 0 Å². The predicted molar refractivity (Wildman–Crippen MR) is 80.0 cm³/mol. The molecule has 0 aliphatic carbocycles. The lowest BCUT2D eigenvalue weighted by molar-refractivity contribution is 0.446. The molecule has 0 bridgehead atoms. The Kier molecular flexibility index (Phi) is 4.85. The van der Waals surface area contributed by atoms with E-state index in [1.807, 2.05) is 0 Å². The minimum Gasteiger partial charge on any atom is -0.302 e. The van der Waals surface area contributed by atoms with Gasteiger partial charge in [-0.05, 0) is 38.0 Å². The Balaban J connectivity index is 2.11. The second-order valence-corrected chi connectivity index (χ2v) is 5.16. The molecule has 0 aliphatic rings. The van der Waals surface area contributed by atoms with E-state index in [4.69, 9.17) is 0 Å². The molecule has 1 aromatic carbocycles.